The Morgan fingerprint density at radius 3 is 2.30 bits per heavy atom. The number of benzene rings is 2. The molecule has 2 rings (SSSR count). The highest BCUT2D eigenvalue weighted by Crippen LogP contribution is 2.19. The number of hydrogen-bond acceptors (Lipinski definition) is 3. The van der Waals surface area contributed by atoms with Gasteiger partial charge in [-0.25, -0.2) is 0 Å². The molecule has 0 fully saturated rings. The standard InChI is InChI=1S/C19H24N2O2/c1-4-21(3)17-12-10-15(11-13-17)18(22)20-14-19(2,23)16-8-6-5-7-9-16/h5-13,23H,4,14H2,1-3H3,(H,20,22). The zero-order valence-electron chi connectivity index (χ0n) is 13.9. The number of carbonyl (C=O) groups excluding carboxylic acids is 1. The van der Waals surface area contributed by atoms with Crippen LogP contribution in [0, 0.1) is 0 Å². The number of rotatable bonds is 6. The van der Waals surface area contributed by atoms with Gasteiger partial charge in [0.1, 0.15) is 5.60 Å². The highest BCUT2D eigenvalue weighted by Gasteiger charge is 2.23. The van der Waals surface area contributed by atoms with Crippen molar-refractivity contribution in [3.05, 3.63) is 65.7 Å². The van der Waals surface area contributed by atoms with Crippen molar-refractivity contribution in [1.29, 1.82) is 0 Å². The molecule has 1 unspecified atom stereocenters. The Balaban J connectivity index is 1.99. The highest BCUT2D eigenvalue weighted by atomic mass is 16.3. The Kier molecular flexibility index (Phi) is 5.40. The van der Waals surface area contributed by atoms with E-state index in [0.29, 0.717) is 5.56 Å². The van der Waals surface area contributed by atoms with Gasteiger partial charge in [-0.05, 0) is 43.7 Å². The number of nitrogens with zero attached hydrogens (tertiary/aromatic N) is 1. The lowest BCUT2D eigenvalue weighted by Gasteiger charge is -2.24. The van der Waals surface area contributed by atoms with Gasteiger partial charge >= 0.3 is 0 Å². The van der Waals surface area contributed by atoms with Crippen LogP contribution in [0.25, 0.3) is 0 Å². The smallest absolute Gasteiger partial charge is 0.251 e. The molecule has 0 aliphatic heterocycles. The Morgan fingerprint density at radius 2 is 1.74 bits per heavy atom. The fraction of sp³-hybridized carbons (Fsp3) is 0.316. The monoisotopic (exact) mass is 312 g/mol. The quantitative estimate of drug-likeness (QED) is 0.862. The van der Waals surface area contributed by atoms with Crippen LogP contribution < -0.4 is 10.2 Å². The maximum absolute atomic E-state index is 12.2. The normalized spacial score (nSPS) is 13.2. The molecule has 0 heterocycles. The molecule has 0 aromatic heterocycles. The molecule has 0 bridgehead atoms. The van der Waals surface area contributed by atoms with Crippen LogP contribution in [0.4, 0.5) is 5.69 Å². The summed E-state index contributed by atoms with van der Waals surface area (Å²) in [5.74, 6) is -0.188. The first-order valence-electron chi connectivity index (χ1n) is 7.81. The molecule has 0 saturated carbocycles. The van der Waals surface area contributed by atoms with Crippen molar-refractivity contribution in [2.45, 2.75) is 19.4 Å². The number of amides is 1. The molecule has 2 aromatic carbocycles. The SMILES string of the molecule is CCN(C)c1ccc(C(=O)NCC(C)(O)c2ccccc2)cc1. The van der Waals surface area contributed by atoms with E-state index in [9.17, 15) is 9.90 Å². The first kappa shape index (κ1) is 17.0. The maximum Gasteiger partial charge on any atom is 0.251 e. The Labute approximate surface area is 137 Å². The van der Waals surface area contributed by atoms with E-state index in [1.165, 1.54) is 0 Å². The molecule has 1 atom stereocenters. The van der Waals surface area contributed by atoms with Crippen molar-refractivity contribution < 1.29 is 9.90 Å². The first-order chi connectivity index (χ1) is 10.9. The maximum atomic E-state index is 12.2. The average Bonchev–Trinajstić information content (AvgIpc) is 2.60. The van der Waals surface area contributed by atoms with Gasteiger partial charge in [-0.3, -0.25) is 4.79 Å². The Bertz CT molecular complexity index is 636. The molecule has 1 amide bonds. The lowest BCUT2D eigenvalue weighted by atomic mass is 9.96. The van der Waals surface area contributed by atoms with Crippen LogP contribution in [0.5, 0.6) is 0 Å². The molecular weight excluding hydrogens is 288 g/mol. The minimum Gasteiger partial charge on any atom is -0.384 e. The fourth-order valence-electron chi connectivity index (χ4n) is 2.30. The zero-order chi connectivity index (χ0) is 16.9. The molecule has 0 aliphatic rings. The number of carbonyl (C=O) groups is 1. The summed E-state index contributed by atoms with van der Waals surface area (Å²) in [7, 11) is 2.01. The van der Waals surface area contributed by atoms with Gasteiger partial charge in [0.05, 0.1) is 6.54 Å². The number of hydrogen-bond donors (Lipinski definition) is 2. The van der Waals surface area contributed by atoms with E-state index in [1.807, 2.05) is 49.5 Å². The number of aliphatic hydroxyl groups is 1. The summed E-state index contributed by atoms with van der Waals surface area (Å²) in [6.45, 7) is 4.84. The second-order valence-corrected chi connectivity index (χ2v) is 5.88. The average molecular weight is 312 g/mol. The molecule has 0 aliphatic carbocycles. The summed E-state index contributed by atoms with van der Waals surface area (Å²) in [5.41, 5.74) is 1.34. The molecule has 2 N–H and O–H groups in total. The van der Waals surface area contributed by atoms with E-state index >= 15 is 0 Å². The van der Waals surface area contributed by atoms with E-state index < -0.39 is 5.60 Å². The van der Waals surface area contributed by atoms with Gasteiger partial charge in [0.15, 0.2) is 0 Å². The predicted octanol–water partition coefficient (Wildman–Crippen LogP) is 2.78. The van der Waals surface area contributed by atoms with E-state index in [-0.39, 0.29) is 12.5 Å². The first-order valence-corrected chi connectivity index (χ1v) is 7.81. The van der Waals surface area contributed by atoms with Gasteiger partial charge in [-0.1, -0.05) is 30.3 Å². The summed E-state index contributed by atoms with van der Waals surface area (Å²) in [5, 5.41) is 13.3. The summed E-state index contributed by atoms with van der Waals surface area (Å²) < 4.78 is 0. The van der Waals surface area contributed by atoms with E-state index in [0.717, 1.165) is 17.8 Å². The van der Waals surface area contributed by atoms with Crippen molar-refractivity contribution >= 4 is 11.6 Å². The van der Waals surface area contributed by atoms with Crippen molar-refractivity contribution in [3.63, 3.8) is 0 Å². The van der Waals surface area contributed by atoms with Gasteiger partial charge in [-0.15, -0.1) is 0 Å². The van der Waals surface area contributed by atoms with Crippen LogP contribution in [-0.4, -0.2) is 31.2 Å². The van der Waals surface area contributed by atoms with Crippen LogP contribution in [0.1, 0.15) is 29.8 Å². The summed E-state index contributed by atoms with van der Waals surface area (Å²) in [6, 6.07) is 16.8. The van der Waals surface area contributed by atoms with Crippen LogP contribution >= 0.6 is 0 Å². The van der Waals surface area contributed by atoms with Gasteiger partial charge in [0, 0.05) is 24.8 Å². The molecule has 23 heavy (non-hydrogen) atoms. The van der Waals surface area contributed by atoms with Gasteiger partial charge in [0.2, 0.25) is 0 Å². The minimum atomic E-state index is -1.10. The number of anilines is 1. The van der Waals surface area contributed by atoms with Crippen LogP contribution in [-0.2, 0) is 5.60 Å². The van der Waals surface area contributed by atoms with Crippen molar-refractivity contribution in [1.82, 2.24) is 5.32 Å². The van der Waals surface area contributed by atoms with Gasteiger partial charge in [-0.2, -0.15) is 0 Å². The lowest BCUT2D eigenvalue weighted by Crippen LogP contribution is -2.38. The molecule has 0 spiro atoms. The molecular formula is C19H24N2O2. The largest absolute Gasteiger partial charge is 0.384 e. The predicted molar refractivity (Wildman–Crippen MR) is 93.7 cm³/mol. The second kappa shape index (κ2) is 7.29. The van der Waals surface area contributed by atoms with E-state index in [4.69, 9.17) is 0 Å². The molecule has 4 nitrogen and oxygen atoms in total. The summed E-state index contributed by atoms with van der Waals surface area (Å²) in [6.07, 6.45) is 0. The third kappa shape index (κ3) is 4.33. The zero-order valence-corrected chi connectivity index (χ0v) is 13.9. The topological polar surface area (TPSA) is 52.6 Å². The van der Waals surface area contributed by atoms with E-state index in [2.05, 4.69) is 17.1 Å². The Hall–Kier alpha value is -2.33. The van der Waals surface area contributed by atoms with Crippen molar-refractivity contribution in [2.24, 2.45) is 0 Å². The van der Waals surface area contributed by atoms with Gasteiger partial charge < -0.3 is 15.3 Å². The third-order valence-corrected chi connectivity index (χ3v) is 4.03. The van der Waals surface area contributed by atoms with Crippen LogP contribution in [0.15, 0.2) is 54.6 Å². The van der Waals surface area contributed by atoms with Gasteiger partial charge in [0.25, 0.3) is 5.91 Å². The molecule has 122 valence electrons. The second-order valence-electron chi connectivity index (χ2n) is 5.88. The van der Waals surface area contributed by atoms with Crippen LogP contribution in [0.3, 0.4) is 0 Å². The summed E-state index contributed by atoms with van der Waals surface area (Å²) >= 11 is 0. The minimum absolute atomic E-state index is 0.159. The third-order valence-electron chi connectivity index (χ3n) is 4.03. The summed E-state index contributed by atoms with van der Waals surface area (Å²) in [4.78, 5) is 14.3. The van der Waals surface area contributed by atoms with E-state index in [1.54, 1.807) is 19.1 Å². The molecule has 2 aromatic rings. The molecule has 0 saturated heterocycles. The van der Waals surface area contributed by atoms with Crippen molar-refractivity contribution in [2.75, 3.05) is 25.0 Å². The highest BCUT2D eigenvalue weighted by molar-refractivity contribution is 5.94. The fourth-order valence-corrected chi connectivity index (χ4v) is 2.30. The molecule has 0 radical (unpaired) electrons. The van der Waals surface area contributed by atoms with Crippen molar-refractivity contribution in [3.8, 4) is 0 Å². The number of nitrogens with one attached hydrogen (secondary N) is 1. The Morgan fingerprint density at radius 1 is 1.13 bits per heavy atom. The van der Waals surface area contributed by atoms with Crippen LogP contribution in [0.2, 0.25) is 0 Å². The lowest BCUT2D eigenvalue weighted by molar-refractivity contribution is 0.0526. The molecule has 4 heteroatoms.